The van der Waals surface area contributed by atoms with E-state index in [0.29, 0.717) is 19.3 Å². The van der Waals surface area contributed by atoms with E-state index in [-0.39, 0.29) is 31.1 Å². The molecule has 0 aromatic heterocycles. The summed E-state index contributed by atoms with van der Waals surface area (Å²) in [6.45, 7) is 6.45. The van der Waals surface area contributed by atoms with E-state index >= 15 is 0 Å². The molecule has 0 rings (SSSR count). The highest BCUT2D eigenvalue weighted by atomic mass is 16.6. The Balaban J connectivity index is 4.21. The van der Waals surface area contributed by atoms with Gasteiger partial charge in [-0.25, -0.2) is 0 Å². The molecular formula is C66H108O6. The van der Waals surface area contributed by atoms with Crippen LogP contribution in [0.3, 0.4) is 0 Å². The molecule has 1 unspecified atom stereocenters. The van der Waals surface area contributed by atoms with Gasteiger partial charge in [-0.05, 0) is 116 Å². The van der Waals surface area contributed by atoms with Gasteiger partial charge in [0.05, 0.1) is 0 Å². The standard InChI is InChI=1S/C66H108O6/c1-4-7-10-13-16-19-21-23-24-25-26-27-28-29-30-31-32-33-34-35-36-37-38-39-40-41-42-44-45-47-50-53-56-59-65(68)71-62-63(61-70-64(67)58-55-52-49-18-15-12-9-6-3)72-66(69)60-57-54-51-48-46-43-22-20-17-14-11-8-5-2/h7,10,16,19-20,22-24,26-27,29-30,32-33,35-36,38-39,41-42,63H,4-6,8-9,11-15,17-18,21,25,28,31,34,37,40,43-62H2,1-3H3/b10-7-,19-16-,22-20-,24-23-,27-26-,30-29-,33-32-,36-35-,39-38-,42-41-. The first kappa shape index (κ1) is 67.8. The fourth-order valence-corrected chi connectivity index (χ4v) is 7.78. The summed E-state index contributed by atoms with van der Waals surface area (Å²) in [5.74, 6) is -0.924. The van der Waals surface area contributed by atoms with Crippen molar-refractivity contribution in [2.75, 3.05) is 13.2 Å². The lowest BCUT2D eigenvalue weighted by Gasteiger charge is -2.18. The van der Waals surface area contributed by atoms with Crippen LogP contribution in [0.2, 0.25) is 0 Å². The second kappa shape index (κ2) is 59.4. The maximum atomic E-state index is 12.8. The molecule has 0 fully saturated rings. The number of hydrogen-bond acceptors (Lipinski definition) is 6. The van der Waals surface area contributed by atoms with Crippen molar-refractivity contribution >= 4 is 17.9 Å². The molecule has 0 N–H and O–H groups in total. The van der Waals surface area contributed by atoms with Crippen molar-refractivity contribution in [2.24, 2.45) is 0 Å². The van der Waals surface area contributed by atoms with Crippen molar-refractivity contribution in [3.8, 4) is 0 Å². The van der Waals surface area contributed by atoms with E-state index in [2.05, 4.69) is 142 Å². The molecule has 0 aromatic carbocycles. The minimum absolute atomic E-state index is 0.0879. The zero-order valence-electron chi connectivity index (χ0n) is 46.7. The van der Waals surface area contributed by atoms with Crippen LogP contribution >= 0.6 is 0 Å². The number of ether oxygens (including phenoxy) is 3. The molecule has 0 saturated heterocycles. The number of carbonyl (C=O) groups excluding carboxylic acids is 3. The Hall–Kier alpha value is -4.19. The predicted octanol–water partition coefficient (Wildman–Crippen LogP) is 20.0. The molecule has 0 spiro atoms. The molecule has 0 radical (unpaired) electrons. The van der Waals surface area contributed by atoms with E-state index < -0.39 is 6.10 Å². The van der Waals surface area contributed by atoms with Gasteiger partial charge >= 0.3 is 17.9 Å². The third-order valence-corrected chi connectivity index (χ3v) is 12.2. The SMILES string of the molecule is CC/C=C\C/C=C\C/C=C\C/C=C\C/C=C\C/C=C\C/C=C\C/C=C\C/C=C\CCCCCCCC(=O)OCC(COC(=O)CCCCCCCCCC)OC(=O)CCCCCCC/C=C\CCCCCC. The van der Waals surface area contributed by atoms with Crippen LogP contribution in [-0.2, 0) is 28.6 Å². The quantitative estimate of drug-likeness (QED) is 0.0261. The number of rotatable bonds is 52. The van der Waals surface area contributed by atoms with Crippen LogP contribution in [0.4, 0.5) is 0 Å². The molecule has 0 amide bonds. The Labute approximate surface area is 443 Å². The van der Waals surface area contributed by atoms with Crippen LogP contribution in [0.25, 0.3) is 0 Å². The first-order valence-corrected chi connectivity index (χ1v) is 29.5. The third kappa shape index (κ3) is 56.7. The maximum absolute atomic E-state index is 12.8. The fraction of sp³-hybridized carbons (Fsp3) is 0.652. The Morgan fingerprint density at radius 3 is 0.875 bits per heavy atom. The number of carbonyl (C=O) groups is 3. The zero-order valence-corrected chi connectivity index (χ0v) is 46.7. The van der Waals surface area contributed by atoms with Gasteiger partial charge in [0.15, 0.2) is 6.10 Å². The minimum Gasteiger partial charge on any atom is -0.462 e. The van der Waals surface area contributed by atoms with E-state index in [1.165, 1.54) is 70.6 Å². The van der Waals surface area contributed by atoms with Crippen LogP contribution in [0, 0.1) is 0 Å². The average molecular weight is 998 g/mol. The van der Waals surface area contributed by atoms with E-state index in [1.54, 1.807) is 0 Å². The second-order valence-corrected chi connectivity index (χ2v) is 19.2. The molecule has 0 bridgehead atoms. The fourth-order valence-electron chi connectivity index (χ4n) is 7.78. The Morgan fingerprint density at radius 1 is 0.292 bits per heavy atom. The van der Waals surface area contributed by atoms with Gasteiger partial charge in [-0.3, -0.25) is 14.4 Å². The third-order valence-electron chi connectivity index (χ3n) is 12.2. The van der Waals surface area contributed by atoms with Gasteiger partial charge in [0, 0.05) is 19.3 Å². The number of hydrogen-bond donors (Lipinski definition) is 0. The molecule has 72 heavy (non-hydrogen) atoms. The normalized spacial score (nSPS) is 13.0. The lowest BCUT2D eigenvalue weighted by atomic mass is 10.1. The van der Waals surface area contributed by atoms with Crippen molar-refractivity contribution in [2.45, 2.75) is 264 Å². The van der Waals surface area contributed by atoms with Crippen molar-refractivity contribution in [1.29, 1.82) is 0 Å². The molecule has 0 aliphatic rings. The molecule has 0 heterocycles. The van der Waals surface area contributed by atoms with Crippen LogP contribution in [0.15, 0.2) is 122 Å². The Bertz CT molecular complexity index is 1520. The number of esters is 3. The average Bonchev–Trinajstić information content (AvgIpc) is 3.38. The molecule has 0 aromatic rings. The summed E-state index contributed by atoms with van der Waals surface area (Å²) in [7, 11) is 0. The topological polar surface area (TPSA) is 78.9 Å². The smallest absolute Gasteiger partial charge is 0.306 e. The van der Waals surface area contributed by atoms with Gasteiger partial charge in [0.2, 0.25) is 0 Å². The molecule has 6 nitrogen and oxygen atoms in total. The Kier molecular flexibility index (Phi) is 55.9. The van der Waals surface area contributed by atoms with E-state index in [9.17, 15) is 14.4 Å². The molecule has 0 aliphatic carbocycles. The summed E-state index contributed by atoms with van der Waals surface area (Å²) in [6.07, 6.45) is 82.1. The minimum atomic E-state index is -0.789. The molecule has 6 heteroatoms. The first-order valence-electron chi connectivity index (χ1n) is 29.5. The first-order chi connectivity index (χ1) is 35.5. The van der Waals surface area contributed by atoms with Crippen molar-refractivity contribution in [1.82, 2.24) is 0 Å². The number of allylic oxidation sites excluding steroid dienone is 20. The van der Waals surface area contributed by atoms with Gasteiger partial charge in [0.1, 0.15) is 13.2 Å². The predicted molar refractivity (Wildman–Crippen MR) is 311 cm³/mol. The molecule has 408 valence electrons. The lowest BCUT2D eigenvalue weighted by Crippen LogP contribution is -2.30. The summed E-state index contributed by atoms with van der Waals surface area (Å²) in [5, 5.41) is 0. The molecule has 1 atom stereocenters. The van der Waals surface area contributed by atoms with Crippen molar-refractivity contribution in [3.05, 3.63) is 122 Å². The summed E-state index contributed by atoms with van der Waals surface area (Å²) in [6, 6.07) is 0. The second-order valence-electron chi connectivity index (χ2n) is 19.2. The largest absolute Gasteiger partial charge is 0.462 e. The lowest BCUT2D eigenvalue weighted by molar-refractivity contribution is -0.167. The van der Waals surface area contributed by atoms with Gasteiger partial charge in [-0.15, -0.1) is 0 Å². The summed E-state index contributed by atoms with van der Waals surface area (Å²) >= 11 is 0. The summed E-state index contributed by atoms with van der Waals surface area (Å²) < 4.78 is 16.8. The molecule has 0 saturated carbocycles. The molecular weight excluding hydrogens is 889 g/mol. The van der Waals surface area contributed by atoms with Gasteiger partial charge in [-0.1, -0.05) is 245 Å². The highest BCUT2D eigenvalue weighted by Crippen LogP contribution is 2.14. The monoisotopic (exact) mass is 997 g/mol. The summed E-state index contributed by atoms with van der Waals surface area (Å²) in [4.78, 5) is 37.9. The van der Waals surface area contributed by atoms with E-state index in [0.717, 1.165) is 148 Å². The highest BCUT2D eigenvalue weighted by Gasteiger charge is 2.19. The van der Waals surface area contributed by atoms with Gasteiger partial charge in [-0.2, -0.15) is 0 Å². The van der Waals surface area contributed by atoms with E-state index in [4.69, 9.17) is 14.2 Å². The van der Waals surface area contributed by atoms with Crippen molar-refractivity contribution < 1.29 is 28.6 Å². The van der Waals surface area contributed by atoms with Crippen molar-refractivity contribution in [3.63, 3.8) is 0 Å². The van der Waals surface area contributed by atoms with Gasteiger partial charge < -0.3 is 14.2 Å². The maximum Gasteiger partial charge on any atom is 0.306 e. The Morgan fingerprint density at radius 2 is 0.542 bits per heavy atom. The van der Waals surface area contributed by atoms with Crippen LogP contribution in [0.5, 0.6) is 0 Å². The zero-order chi connectivity index (χ0) is 52.2. The number of unbranched alkanes of at least 4 members (excludes halogenated alkanes) is 21. The van der Waals surface area contributed by atoms with Gasteiger partial charge in [0.25, 0.3) is 0 Å². The van der Waals surface area contributed by atoms with Crippen LogP contribution in [0.1, 0.15) is 258 Å². The molecule has 0 aliphatic heterocycles. The summed E-state index contributed by atoms with van der Waals surface area (Å²) in [5.41, 5.74) is 0. The van der Waals surface area contributed by atoms with Crippen LogP contribution in [-0.4, -0.2) is 37.2 Å². The van der Waals surface area contributed by atoms with E-state index in [1.807, 2.05) is 0 Å². The highest BCUT2D eigenvalue weighted by molar-refractivity contribution is 5.71. The van der Waals surface area contributed by atoms with Crippen LogP contribution < -0.4 is 0 Å².